The highest BCUT2D eigenvalue weighted by atomic mass is 16.1. The van der Waals surface area contributed by atoms with Gasteiger partial charge in [-0.15, -0.1) is 0 Å². The summed E-state index contributed by atoms with van der Waals surface area (Å²) in [5.74, 6) is 0.00405. The molecule has 0 saturated heterocycles. The molecule has 2 aliphatic rings. The summed E-state index contributed by atoms with van der Waals surface area (Å²) < 4.78 is 0. The first kappa shape index (κ1) is 13.2. The third-order valence-corrected chi connectivity index (χ3v) is 3.96. The van der Waals surface area contributed by atoms with Crippen LogP contribution in [0.25, 0.3) is 0 Å². The molecule has 1 saturated carbocycles. The lowest BCUT2D eigenvalue weighted by Crippen LogP contribution is -2.34. The minimum absolute atomic E-state index is 0.00405. The molecule has 0 bridgehead atoms. The maximum atomic E-state index is 12.1. The minimum atomic E-state index is 0.00405. The van der Waals surface area contributed by atoms with Crippen molar-refractivity contribution in [3.63, 3.8) is 0 Å². The zero-order valence-electron chi connectivity index (χ0n) is 11.9. The maximum absolute atomic E-state index is 12.1. The van der Waals surface area contributed by atoms with Crippen molar-refractivity contribution >= 4 is 17.3 Å². The first-order valence-corrected chi connectivity index (χ1v) is 7.34. The van der Waals surface area contributed by atoms with E-state index >= 15 is 0 Å². The second-order valence-corrected chi connectivity index (χ2v) is 5.58. The fraction of sp³-hybridized carbons (Fsp3) is 0.533. The second-order valence-electron chi connectivity index (χ2n) is 5.58. The Balaban J connectivity index is 1.53. The van der Waals surface area contributed by atoms with Crippen molar-refractivity contribution in [3.8, 4) is 0 Å². The molecule has 0 unspecified atom stereocenters. The first-order chi connectivity index (χ1) is 9.74. The molecule has 0 aromatic heterocycles. The first-order valence-electron chi connectivity index (χ1n) is 7.34. The number of carbonyl (C=O) groups excluding carboxylic acids is 1. The van der Waals surface area contributed by atoms with Crippen molar-refractivity contribution in [2.24, 2.45) is 0 Å². The Labute approximate surface area is 119 Å². The number of rotatable bonds is 5. The smallest absolute Gasteiger partial charge is 0.251 e. The van der Waals surface area contributed by atoms with E-state index in [1.807, 2.05) is 18.2 Å². The normalized spacial score (nSPS) is 17.1. The van der Waals surface area contributed by atoms with Crippen molar-refractivity contribution in [3.05, 3.63) is 23.8 Å². The van der Waals surface area contributed by atoms with Crippen LogP contribution in [0.2, 0.25) is 0 Å². The standard InChI is InChI=1S/C15H22N4O/c1-19(12-3-4-12)9-8-18-15(20)11-2-5-13-14(10-11)17-7-6-16-13/h2,5,10,12,16-17H,3-4,6-9H2,1H3,(H,18,20). The number of hydrogen-bond acceptors (Lipinski definition) is 4. The van der Waals surface area contributed by atoms with Crippen molar-refractivity contribution < 1.29 is 4.79 Å². The van der Waals surface area contributed by atoms with Crippen molar-refractivity contribution in [1.29, 1.82) is 0 Å². The van der Waals surface area contributed by atoms with E-state index in [2.05, 4.69) is 27.9 Å². The van der Waals surface area contributed by atoms with Gasteiger partial charge in [-0.05, 0) is 38.1 Å². The SMILES string of the molecule is CN(CCNC(=O)c1ccc2c(c1)NCCN2)C1CC1. The fourth-order valence-corrected chi connectivity index (χ4v) is 2.53. The van der Waals surface area contributed by atoms with Crippen LogP contribution >= 0.6 is 0 Å². The molecule has 0 radical (unpaired) electrons. The molecule has 108 valence electrons. The Hall–Kier alpha value is -1.75. The monoisotopic (exact) mass is 274 g/mol. The van der Waals surface area contributed by atoms with Crippen molar-refractivity contribution in [1.82, 2.24) is 10.2 Å². The van der Waals surface area contributed by atoms with Gasteiger partial charge in [0.1, 0.15) is 0 Å². The van der Waals surface area contributed by atoms with Gasteiger partial charge in [0, 0.05) is 37.8 Å². The van der Waals surface area contributed by atoms with Gasteiger partial charge in [0.15, 0.2) is 0 Å². The summed E-state index contributed by atoms with van der Waals surface area (Å²) in [5, 5.41) is 9.60. The Bertz CT molecular complexity index is 499. The third kappa shape index (κ3) is 3.04. The summed E-state index contributed by atoms with van der Waals surface area (Å²) >= 11 is 0. The lowest BCUT2D eigenvalue weighted by molar-refractivity contribution is 0.0949. The van der Waals surface area contributed by atoms with E-state index in [9.17, 15) is 4.79 Å². The number of nitrogens with one attached hydrogen (secondary N) is 3. The number of benzene rings is 1. The molecular weight excluding hydrogens is 252 g/mol. The highest BCUT2D eigenvalue weighted by molar-refractivity contribution is 5.96. The van der Waals surface area contributed by atoms with E-state index < -0.39 is 0 Å². The zero-order valence-corrected chi connectivity index (χ0v) is 11.9. The highest BCUT2D eigenvalue weighted by Gasteiger charge is 2.25. The fourth-order valence-electron chi connectivity index (χ4n) is 2.53. The number of likely N-dealkylation sites (N-methyl/N-ethyl adjacent to an activating group) is 1. The van der Waals surface area contributed by atoms with E-state index in [-0.39, 0.29) is 5.91 Å². The molecule has 0 atom stereocenters. The van der Waals surface area contributed by atoms with Gasteiger partial charge in [-0.1, -0.05) is 0 Å². The van der Waals surface area contributed by atoms with Gasteiger partial charge in [0.05, 0.1) is 11.4 Å². The average molecular weight is 274 g/mol. The number of fused-ring (bicyclic) bond motifs is 1. The average Bonchev–Trinajstić information content (AvgIpc) is 3.31. The molecule has 3 rings (SSSR count). The van der Waals surface area contributed by atoms with Gasteiger partial charge in [0.2, 0.25) is 0 Å². The maximum Gasteiger partial charge on any atom is 0.251 e. The molecule has 1 fully saturated rings. The number of anilines is 2. The van der Waals surface area contributed by atoms with Crippen molar-refractivity contribution in [2.45, 2.75) is 18.9 Å². The molecule has 5 heteroatoms. The van der Waals surface area contributed by atoms with Crippen LogP contribution in [0.3, 0.4) is 0 Å². The Morgan fingerprint density at radius 3 is 2.80 bits per heavy atom. The molecule has 3 N–H and O–H groups in total. The largest absolute Gasteiger partial charge is 0.382 e. The van der Waals surface area contributed by atoms with Crippen LogP contribution in [0.5, 0.6) is 0 Å². The summed E-state index contributed by atoms with van der Waals surface area (Å²) in [6.07, 6.45) is 2.60. The molecule has 0 spiro atoms. The number of amides is 1. The Kier molecular flexibility index (Phi) is 3.78. The van der Waals surface area contributed by atoms with Crippen molar-refractivity contribution in [2.75, 3.05) is 43.9 Å². The quantitative estimate of drug-likeness (QED) is 0.758. The molecule has 1 aliphatic carbocycles. The molecule has 1 heterocycles. The van der Waals surface area contributed by atoms with Crippen LogP contribution < -0.4 is 16.0 Å². The van der Waals surface area contributed by atoms with Crippen LogP contribution in [-0.4, -0.2) is 50.1 Å². The zero-order chi connectivity index (χ0) is 13.9. The van der Waals surface area contributed by atoms with Gasteiger partial charge in [-0.2, -0.15) is 0 Å². The minimum Gasteiger partial charge on any atom is -0.382 e. The second kappa shape index (κ2) is 5.71. The molecule has 1 aromatic carbocycles. The molecular formula is C15H22N4O. The molecule has 1 aromatic rings. The van der Waals surface area contributed by atoms with Crippen LogP contribution in [-0.2, 0) is 0 Å². The summed E-state index contributed by atoms with van der Waals surface area (Å²) in [4.78, 5) is 14.4. The third-order valence-electron chi connectivity index (χ3n) is 3.96. The molecule has 1 amide bonds. The van der Waals surface area contributed by atoms with E-state index in [4.69, 9.17) is 0 Å². The van der Waals surface area contributed by atoms with Crippen LogP contribution in [0.4, 0.5) is 11.4 Å². The summed E-state index contributed by atoms with van der Waals surface area (Å²) in [6, 6.07) is 6.50. The van der Waals surface area contributed by atoms with Gasteiger partial charge in [0.25, 0.3) is 5.91 Å². The lowest BCUT2D eigenvalue weighted by Gasteiger charge is -2.20. The van der Waals surface area contributed by atoms with Gasteiger partial charge in [-0.3, -0.25) is 4.79 Å². The summed E-state index contributed by atoms with van der Waals surface area (Å²) in [7, 11) is 2.12. The lowest BCUT2D eigenvalue weighted by atomic mass is 10.1. The Morgan fingerprint density at radius 1 is 1.30 bits per heavy atom. The highest BCUT2D eigenvalue weighted by Crippen LogP contribution is 2.25. The molecule has 1 aliphatic heterocycles. The van der Waals surface area contributed by atoms with Crippen LogP contribution in [0.1, 0.15) is 23.2 Å². The van der Waals surface area contributed by atoms with E-state index in [0.717, 1.165) is 37.1 Å². The molecule has 5 nitrogen and oxygen atoms in total. The summed E-state index contributed by atoms with van der Waals surface area (Å²) in [5.41, 5.74) is 2.80. The van der Waals surface area contributed by atoms with Gasteiger partial charge < -0.3 is 20.9 Å². The predicted molar refractivity (Wildman–Crippen MR) is 81.4 cm³/mol. The number of nitrogens with zero attached hydrogens (tertiary/aromatic N) is 1. The number of carbonyl (C=O) groups is 1. The topological polar surface area (TPSA) is 56.4 Å². The number of hydrogen-bond donors (Lipinski definition) is 3. The van der Waals surface area contributed by atoms with Crippen LogP contribution in [0.15, 0.2) is 18.2 Å². The summed E-state index contributed by atoms with van der Waals surface area (Å²) in [6.45, 7) is 3.44. The Morgan fingerprint density at radius 2 is 2.05 bits per heavy atom. The van der Waals surface area contributed by atoms with E-state index in [1.54, 1.807) is 0 Å². The van der Waals surface area contributed by atoms with E-state index in [0.29, 0.717) is 12.1 Å². The predicted octanol–water partition coefficient (Wildman–Crippen LogP) is 1.35. The van der Waals surface area contributed by atoms with Crippen LogP contribution in [0, 0.1) is 0 Å². The van der Waals surface area contributed by atoms with E-state index in [1.165, 1.54) is 12.8 Å². The molecule has 20 heavy (non-hydrogen) atoms. The van der Waals surface area contributed by atoms with Gasteiger partial charge >= 0.3 is 0 Å². The van der Waals surface area contributed by atoms with Gasteiger partial charge in [-0.25, -0.2) is 0 Å².